The summed E-state index contributed by atoms with van der Waals surface area (Å²) in [7, 11) is 0. The molecule has 2 aromatic carbocycles. The van der Waals surface area contributed by atoms with Crippen molar-refractivity contribution in [3.05, 3.63) is 52.5 Å². The van der Waals surface area contributed by atoms with Crippen LogP contribution >= 0.6 is 15.9 Å². The van der Waals surface area contributed by atoms with Gasteiger partial charge >= 0.3 is 0 Å². The number of hydrogen-bond acceptors (Lipinski definition) is 4. The first-order valence-electron chi connectivity index (χ1n) is 6.38. The maximum atomic E-state index is 10.1. The van der Waals surface area contributed by atoms with Gasteiger partial charge in [0, 0.05) is 22.3 Å². The lowest BCUT2D eigenvalue weighted by Crippen LogP contribution is -2.20. The average Bonchev–Trinajstić information content (AvgIpc) is 2.45. The summed E-state index contributed by atoms with van der Waals surface area (Å²) in [5, 5.41) is 10.1. The number of anilines is 1. The van der Waals surface area contributed by atoms with E-state index in [0.29, 0.717) is 18.9 Å². The number of ether oxygens (including phenoxy) is 1. The largest absolute Gasteiger partial charge is 0.504 e. The first-order chi connectivity index (χ1) is 9.70. The van der Waals surface area contributed by atoms with Gasteiger partial charge in [-0.25, -0.2) is 5.43 Å². The Morgan fingerprint density at radius 1 is 1.20 bits per heavy atom. The molecule has 106 valence electrons. The number of halogens is 1. The van der Waals surface area contributed by atoms with Crippen molar-refractivity contribution in [2.75, 3.05) is 12.0 Å². The van der Waals surface area contributed by atoms with Crippen LogP contribution in [0.25, 0.3) is 0 Å². The molecule has 0 fully saturated rings. The van der Waals surface area contributed by atoms with Crippen LogP contribution in [-0.4, -0.2) is 11.7 Å². The molecule has 2 rings (SSSR count). The van der Waals surface area contributed by atoms with Crippen molar-refractivity contribution < 1.29 is 9.84 Å². The molecule has 0 aliphatic rings. The fourth-order valence-electron chi connectivity index (χ4n) is 1.79. The monoisotopic (exact) mass is 336 g/mol. The van der Waals surface area contributed by atoms with E-state index in [4.69, 9.17) is 4.74 Å². The van der Waals surface area contributed by atoms with Crippen LogP contribution < -0.4 is 15.6 Å². The molecule has 5 heteroatoms. The van der Waals surface area contributed by atoms with Crippen LogP contribution in [0.2, 0.25) is 0 Å². The van der Waals surface area contributed by atoms with E-state index in [-0.39, 0.29) is 5.75 Å². The Balaban J connectivity index is 2.02. The molecule has 3 N–H and O–H groups in total. The number of rotatable bonds is 6. The highest BCUT2D eigenvalue weighted by Gasteiger charge is 2.10. The fourth-order valence-corrected chi connectivity index (χ4v) is 2.28. The maximum Gasteiger partial charge on any atom is 0.162 e. The van der Waals surface area contributed by atoms with Gasteiger partial charge in [-0.15, -0.1) is 0 Å². The van der Waals surface area contributed by atoms with Crippen LogP contribution in [0.15, 0.2) is 46.9 Å². The minimum absolute atomic E-state index is 0.164. The predicted octanol–water partition coefficient (Wildman–Crippen LogP) is 3.67. The first-order valence-corrected chi connectivity index (χ1v) is 7.18. The molecule has 0 aromatic heterocycles. The molecule has 20 heavy (non-hydrogen) atoms. The zero-order valence-corrected chi connectivity index (χ0v) is 12.8. The second-order valence-corrected chi connectivity index (χ2v) is 5.10. The molecule has 0 bridgehead atoms. The van der Waals surface area contributed by atoms with Crippen LogP contribution in [0, 0.1) is 0 Å². The Kier molecular flexibility index (Phi) is 5.26. The van der Waals surface area contributed by atoms with E-state index in [1.54, 1.807) is 6.07 Å². The number of hydrazine groups is 1. The normalized spacial score (nSPS) is 10.3. The Hall–Kier alpha value is -1.72. The van der Waals surface area contributed by atoms with Gasteiger partial charge in [-0.1, -0.05) is 34.1 Å². The van der Waals surface area contributed by atoms with Gasteiger partial charge in [0.15, 0.2) is 11.5 Å². The zero-order chi connectivity index (χ0) is 14.4. The van der Waals surface area contributed by atoms with Crippen molar-refractivity contribution in [2.45, 2.75) is 13.5 Å². The molecule has 2 aromatic rings. The number of phenols is 1. The summed E-state index contributed by atoms with van der Waals surface area (Å²) < 4.78 is 6.27. The van der Waals surface area contributed by atoms with Gasteiger partial charge in [-0.05, 0) is 31.2 Å². The van der Waals surface area contributed by atoms with Crippen LogP contribution in [0.1, 0.15) is 12.5 Å². The van der Waals surface area contributed by atoms with Crippen LogP contribution in [0.3, 0.4) is 0 Å². The van der Waals surface area contributed by atoms with Crippen molar-refractivity contribution in [3.8, 4) is 11.5 Å². The summed E-state index contributed by atoms with van der Waals surface area (Å²) in [5.74, 6) is 0.649. The van der Waals surface area contributed by atoms with E-state index in [1.165, 1.54) is 0 Å². The summed E-state index contributed by atoms with van der Waals surface area (Å²) in [6.45, 7) is 2.87. The number of nitrogens with one attached hydrogen (secondary N) is 2. The quantitative estimate of drug-likeness (QED) is 0.704. The van der Waals surface area contributed by atoms with E-state index in [0.717, 1.165) is 15.7 Å². The predicted molar refractivity (Wildman–Crippen MR) is 83.9 cm³/mol. The third-order valence-electron chi connectivity index (χ3n) is 2.70. The summed E-state index contributed by atoms with van der Waals surface area (Å²) in [6.07, 6.45) is 0. The SMILES string of the molecule is CCOc1cc(Br)cc(CNNc2ccccc2)c1O. The highest BCUT2D eigenvalue weighted by molar-refractivity contribution is 9.10. The molecule has 0 atom stereocenters. The molecule has 0 radical (unpaired) electrons. The van der Waals surface area contributed by atoms with E-state index in [1.807, 2.05) is 43.3 Å². The number of para-hydroxylation sites is 1. The highest BCUT2D eigenvalue weighted by Crippen LogP contribution is 2.33. The smallest absolute Gasteiger partial charge is 0.162 e. The molecular weight excluding hydrogens is 320 g/mol. The number of benzene rings is 2. The van der Waals surface area contributed by atoms with Crippen LogP contribution in [-0.2, 0) is 6.54 Å². The summed E-state index contributed by atoms with van der Waals surface area (Å²) in [4.78, 5) is 0. The molecule has 0 spiro atoms. The van der Waals surface area contributed by atoms with Crippen LogP contribution in [0.5, 0.6) is 11.5 Å². The van der Waals surface area contributed by atoms with Crippen molar-refractivity contribution in [3.63, 3.8) is 0 Å². The number of hydrogen-bond donors (Lipinski definition) is 3. The second kappa shape index (κ2) is 7.17. The molecule has 0 saturated heterocycles. The molecule has 0 aliphatic carbocycles. The van der Waals surface area contributed by atoms with Crippen LogP contribution in [0.4, 0.5) is 5.69 Å². The Bertz CT molecular complexity index is 561. The number of phenolic OH excluding ortho intramolecular Hbond substituents is 1. The lowest BCUT2D eigenvalue weighted by atomic mass is 10.2. The van der Waals surface area contributed by atoms with Gasteiger partial charge < -0.3 is 15.3 Å². The topological polar surface area (TPSA) is 53.5 Å². The van der Waals surface area contributed by atoms with Crippen molar-refractivity contribution >= 4 is 21.6 Å². The van der Waals surface area contributed by atoms with Gasteiger partial charge in [-0.2, -0.15) is 0 Å². The summed E-state index contributed by atoms with van der Waals surface area (Å²) in [5.41, 5.74) is 7.86. The summed E-state index contributed by atoms with van der Waals surface area (Å²) >= 11 is 3.41. The first kappa shape index (κ1) is 14.7. The second-order valence-electron chi connectivity index (χ2n) is 4.19. The standard InChI is InChI=1S/C15H17BrN2O2/c1-2-20-14-9-12(16)8-11(15(14)19)10-17-18-13-6-4-3-5-7-13/h3-9,17-19H,2,10H2,1H3. The molecule has 0 saturated carbocycles. The molecular formula is C15H17BrN2O2. The van der Waals surface area contributed by atoms with Gasteiger partial charge in [0.05, 0.1) is 6.61 Å². The molecule has 0 amide bonds. The molecule has 0 unspecified atom stereocenters. The Morgan fingerprint density at radius 3 is 2.65 bits per heavy atom. The highest BCUT2D eigenvalue weighted by atomic mass is 79.9. The van der Waals surface area contributed by atoms with E-state index >= 15 is 0 Å². The van der Waals surface area contributed by atoms with Crippen molar-refractivity contribution in [1.82, 2.24) is 5.43 Å². The molecule has 0 aliphatic heterocycles. The lowest BCUT2D eigenvalue weighted by Gasteiger charge is -2.13. The fraction of sp³-hybridized carbons (Fsp3) is 0.200. The average molecular weight is 337 g/mol. The minimum Gasteiger partial charge on any atom is -0.504 e. The zero-order valence-electron chi connectivity index (χ0n) is 11.2. The van der Waals surface area contributed by atoms with E-state index < -0.39 is 0 Å². The van der Waals surface area contributed by atoms with Crippen molar-refractivity contribution in [1.29, 1.82) is 0 Å². The molecule has 0 heterocycles. The van der Waals surface area contributed by atoms with Gasteiger partial charge in [0.1, 0.15) is 0 Å². The lowest BCUT2D eigenvalue weighted by molar-refractivity contribution is 0.316. The minimum atomic E-state index is 0.164. The number of aromatic hydroxyl groups is 1. The van der Waals surface area contributed by atoms with Gasteiger partial charge in [-0.3, -0.25) is 0 Å². The van der Waals surface area contributed by atoms with Gasteiger partial charge in [0.2, 0.25) is 0 Å². The van der Waals surface area contributed by atoms with E-state index in [2.05, 4.69) is 26.8 Å². The van der Waals surface area contributed by atoms with E-state index in [9.17, 15) is 5.11 Å². The maximum absolute atomic E-state index is 10.1. The Morgan fingerprint density at radius 2 is 1.95 bits per heavy atom. The third kappa shape index (κ3) is 3.88. The summed E-state index contributed by atoms with van der Waals surface area (Å²) in [6, 6.07) is 13.4. The van der Waals surface area contributed by atoms with Crippen molar-refractivity contribution in [2.24, 2.45) is 0 Å². The van der Waals surface area contributed by atoms with Gasteiger partial charge in [0.25, 0.3) is 0 Å². The Labute approximate surface area is 126 Å². The molecule has 4 nitrogen and oxygen atoms in total. The third-order valence-corrected chi connectivity index (χ3v) is 3.16.